The van der Waals surface area contributed by atoms with Crippen LogP contribution in [0.4, 0.5) is 5.69 Å². The molecule has 106 valence electrons. The van der Waals surface area contributed by atoms with Crippen molar-refractivity contribution < 1.29 is 0 Å². The molecule has 0 amide bonds. The summed E-state index contributed by atoms with van der Waals surface area (Å²) < 4.78 is 0. The number of benzene rings is 1. The number of rotatable bonds is 3. The van der Waals surface area contributed by atoms with Crippen molar-refractivity contribution in [2.45, 2.75) is 19.3 Å². The quantitative estimate of drug-likeness (QED) is 0.730. The van der Waals surface area contributed by atoms with Gasteiger partial charge < -0.3 is 4.90 Å². The number of fused-ring (bicyclic) bond motifs is 1. The molecule has 20 heavy (non-hydrogen) atoms. The van der Waals surface area contributed by atoms with Gasteiger partial charge in [0.25, 0.3) is 0 Å². The van der Waals surface area contributed by atoms with Crippen LogP contribution in [0.2, 0.25) is 5.02 Å². The Morgan fingerprint density at radius 1 is 1.35 bits per heavy atom. The Hall–Kier alpha value is -0.800. The van der Waals surface area contributed by atoms with Crippen LogP contribution >= 0.6 is 27.5 Å². The van der Waals surface area contributed by atoms with Gasteiger partial charge in [-0.15, -0.1) is 0 Å². The number of piperidine rings is 1. The van der Waals surface area contributed by atoms with E-state index in [1.54, 1.807) is 0 Å². The first-order valence-electron chi connectivity index (χ1n) is 7.13. The van der Waals surface area contributed by atoms with Gasteiger partial charge in [0.2, 0.25) is 0 Å². The number of hydrogen-bond acceptors (Lipinski definition) is 2. The number of anilines is 1. The Bertz CT molecular complexity index is 600. The predicted octanol–water partition coefficient (Wildman–Crippen LogP) is 4.89. The second-order valence-electron chi connectivity index (χ2n) is 5.42. The molecule has 1 fully saturated rings. The SMILES string of the molecule is Clc1ccc2c(N3CCCC(CCBr)C3)ccnc2c1. The van der Waals surface area contributed by atoms with Crippen molar-refractivity contribution in [1.82, 2.24) is 4.98 Å². The zero-order valence-electron chi connectivity index (χ0n) is 11.4. The number of hydrogen-bond donors (Lipinski definition) is 0. The standard InChI is InChI=1S/C16H18BrClN2/c17-7-5-12-2-1-9-20(11-12)16-6-8-19-15-10-13(18)3-4-14(15)16/h3-4,6,8,10,12H,1-2,5,7,9,11H2. The van der Waals surface area contributed by atoms with E-state index in [-0.39, 0.29) is 0 Å². The summed E-state index contributed by atoms with van der Waals surface area (Å²) in [5.41, 5.74) is 2.28. The zero-order valence-corrected chi connectivity index (χ0v) is 13.7. The molecule has 0 bridgehead atoms. The Morgan fingerprint density at radius 3 is 3.10 bits per heavy atom. The molecule has 2 heterocycles. The molecule has 3 rings (SSSR count). The number of alkyl halides is 1. The van der Waals surface area contributed by atoms with Crippen molar-refractivity contribution in [1.29, 1.82) is 0 Å². The van der Waals surface area contributed by atoms with E-state index in [4.69, 9.17) is 11.6 Å². The molecule has 1 aromatic carbocycles. The Kier molecular flexibility index (Phi) is 4.47. The molecule has 2 nitrogen and oxygen atoms in total. The zero-order chi connectivity index (χ0) is 13.9. The molecule has 1 aromatic heterocycles. The predicted molar refractivity (Wildman–Crippen MR) is 90.1 cm³/mol. The number of halogens is 2. The minimum atomic E-state index is 0.748. The van der Waals surface area contributed by atoms with Crippen molar-refractivity contribution in [3.05, 3.63) is 35.5 Å². The third-order valence-electron chi connectivity index (χ3n) is 4.06. The van der Waals surface area contributed by atoms with E-state index in [0.717, 1.165) is 34.9 Å². The first-order chi connectivity index (χ1) is 9.78. The minimum absolute atomic E-state index is 0.748. The van der Waals surface area contributed by atoms with Crippen LogP contribution in [0.5, 0.6) is 0 Å². The topological polar surface area (TPSA) is 16.1 Å². The summed E-state index contributed by atoms with van der Waals surface area (Å²) in [7, 11) is 0. The average molecular weight is 354 g/mol. The van der Waals surface area contributed by atoms with Crippen molar-refractivity contribution in [2.75, 3.05) is 23.3 Å². The van der Waals surface area contributed by atoms with Crippen molar-refractivity contribution in [2.24, 2.45) is 5.92 Å². The molecule has 1 aliphatic rings. The second kappa shape index (κ2) is 6.31. The molecule has 0 spiro atoms. The fraction of sp³-hybridized carbons (Fsp3) is 0.438. The van der Waals surface area contributed by atoms with Gasteiger partial charge in [-0.25, -0.2) is 0 Å². The van der Waals surface area contributed by atoms with Crippen LogP contribution in [-0.4, -0.2) is 23.4 Å². The lowest BCUT2D eigenvalue weighted by atomic mass is 9.95. The van der Waals surface area contributed by atoms with Crippen LogP contribution in [0.1, 0.15) is 19.3 Å². The first-order valence-corrected chi connectivity index (χ1v) is 8.63. The molecule has 0 saturated carbocycles. The summed E-state index contributed by atoms with van der Waals surface area (Å²) >= 11 is 9.63. The highest BCUT2D eigenvalue weighted by Gasteiger charge is 2.21. The first kappa shape index (κ1) is 14.2. The van der Waals surface area contributed by atoms with Gasteiger partial charge in [-0.3, -0.25) is 4.98 Å². The second-order valence-corrected chi connectivity index (χ2v) is 6.65. The Morgan fingerprint density at radius 2 is 2.25 bits per heavy atom. The number of pyridine rings is 1. The van der Waals surface area contributed by atoms with E-state index >= 15 is 0 Å². The molecule has 1 unspecified atom stereocenters. The molecule has 2 aromatic rings. The normalized spacial score (nSPS) is 19.5. The van der Waals surface area contributed by atoms with Gasteiger partial charge in [0, 0.05) is 40.7 Å². The molecular weight excluding hydrogens is 336 g/mol. The molecule has 1 atom stereocenters. The summed E-state index contributed by atoms with van der Waals surface area (Å²) in [6.45, 7) is 2.29. The van der Waals surface area contributed by atoms with Gasteiger partial charge in [-0.2, -0.15) is 0 Å². The van der Waals surface area contributed by atoms with Crippen LogP contribution in [0.15, 0.2) is 30.5 Å². The average Bonchev–Trinajstić information content (AvgIpc) is 2.47. The highest BCUT2D eigenvalue weighted by atomic mass is 79.9. The molecule has 1 aliphatic heterocycles. The van der Waals surface area contributed by atoms with Crippen molar-refractivity contribution in [3.8, 4) is 0 Å². The monoisotopic (exact) mass is 352 g/mol. The maximum absolute atomic E-state index is 6.06. The smallest absolute Gasteiger partial charge is 0.0737 e. The lowest BCUT2D eigenvalue weighted by molar-refractivity contribution is 0.408. The summed E-state index contributed by atoms with van der Waals surface area (Å²) in [4.78, 5) is 6.94. The van der Waals surface area contributed by atoms with E-state index in [1.165, 1.54) is 30.3 Å². The highest BCUT2D eigenvalue weighted by Crippen LogP contribution is 2.31. The van der Waals surface area contributed by atoms with E-state index in [0.29, 0.717) is 0 Å². The lowest BCUT2D eigenvalue weighted by Gasteiger charge is -2.34. The molecule has 0 N–H and O–H groups in total. The fourth-order valence-corrected chi connectivity index (χ4v) is 3.87. The van der Waals surface area contributed by atoms with Crippen LogP contribution in [-0.2, 0) is 0 Å². The molecular formula is C16H18BrClN2. The van der Waals surface area contributed by atoms with Gasteiger partial charge >= 0.3 is 0 Å². The van der Waals surface area contributed by atoms with Gasteiger partial charge in [0.1, 0.15) is 0 Å². The summed E-state index contributed by atoms with van der Waals surface area (Å²) in [5.74, 6) is 0.790. The van der Waals surface area contributed by atoms with E-state index in [2.05, 4.69) is 37.9 Å². The molecule has 1 saturated heterocycles. The highest BCUT2D eigenvalue weighted by molar-refractivity contribution is 9.09. The van der Waals surface area contributed by atoms with Crippen LogP contribution in [0, 0.1) is 5.92 Å². The van der Waals surface area contributed by atoms with E-state index < -0.39 is 0 Å². The van der Waals surface area contributed by atoms with Crippen LogP contribution < -0.4 is 4.90 Å². The van der Waals surface area contributed by atoms with Crippen molar-refractivity contribution in [3.63, 3.8) is 0 Å². The van der Waals surface area contributed by atoms with Gasteiger partial charge in [0.05, 0.1) is 5.52 Å². The van der Waals surface area contributed by atoms with E-state index in [9.17, 15) is 0 Å². The summed E-state index contributed by atoms with van der Waals surface area (Å²) in [6, 6.07) is 8.12. The molecule has 0 radical (unpaired) electrons. The minimum Gasteiger partial charge on any atom is -0.371 e. The van der Waals surface area contributed by atoms with Crippen LogP contribution in [0.25, 0.3) is 10.9 Å². The molecule has 4 heteroatoms. The van der Waals surface area contributed by atoms with Gasteiger partial charge in [-0.05, 0) is 49.4 Å². The van der Waals surface area contributed by atoms with Gasteiger partial charge in [-0.1, -0.05) is 27.5 Å². The fourth-order valence-electron chi connectivity index (χ4n) is 3.06. The number of aromatic nitrogens is 1. The lowest BCUT2D eigenvalue weighted by Crippen LogP contribution is -2.35. The summed E-state index contributed by atoms with van der Waals surface area (Å²) in [5, 5.41) is 3.05. The Labute approximate surface area is 133 Å². The van der Waals surface area contributed by atoms with Crippen molar-refractivity contribution >= 4 is 44.1 Å². The third-order valence-corrected chi connectivity index (χ3v) is 4.75. The van der Waals surface area contributed by atoms with E-state index in [1.807, 2.05) is 18.3 Å². The third kappa shape index (κ3) is 2.94. The largest absolute Gasteiger partial charge is 0.371 e. The number of nitrogens with zero attached hydrogens (tertiary/aromatic N) is 2. The van der Waals surface area contributed by atoms with Gasteiger partial charge in [0.15, 0.2) is 0 Å². The Balaban J connectivity index is 1.93. The maximum atomic E-state index is 6.06. The molecule has 0 aliphatic carbocycles. The maximum Gasteiger partial charge on any atom is 0.0737 e. The summed E-state index contributed by atoms with van der Waals surface area (Å²) in [6.07, 6.45) is 5.76. The van der Waals surface area contributed by atoms with Crippen LogP contribution in [0.3, 0.4) is 0 Å².